The lowest BCUT2D eigenvalue weighted by atomic mass is 10.1. The molecule has 0 bridgehead atoms. The number of aliphatic carboxylic acids is 1. The van der Waals surface area contributed by atoms with Crippen LogP contribution in [0.5, 0.6) is 0 Å². The molecular formula is C14H14N4O2S. The molecule has 0 amide bonds. The SMILES string of the molecule is CC(C)n1c(SCC(=O)O)nnc1-c1cccc(C#N)c1. The van der Waals surface area contributed by atoms with Crippen LogP contribution < -0.4 is 0 Å². The van der Waals surface area contributed by atoms with Gasteiger partial charge in [0.05, 0.1) is 17.4 Å². The molecule has 0 spiro atoms. The van der Waals surface area contributed by atoms with E-state index in [2.05, 4.69) is 16.3 Å². The Balaban J connectivity index is 2.44. The quantitative estimate of drug-likeness (QED) is 0.853. The Kier molecular flexibility index (Phi) is 4.60. The molecule has 0 saturated carbocycles. The van der Waals surface area contributed by atoms with Crippen LogP contribution in [0.25, 0.3) is 11.4 Å². The third kappa shape index (κ3) is 3.41. The molecule has 0 aliphatic carbocycles. The van der Waals surface area contributed by atoms with E-state index in [4.69, 9.17) is 10.4 Å². The highest BCUT2D eigenvalue weighted by molar-refractivity contribution is 7.99. The van der Waals surface area contributed by atoms with Crippen LogP contribution >= 0.6 is 11.8 Å². The average Bonchev–Trinajstić information content (AvgIpc) is 2.89. The van der Waals surface area contributed by atoms with E-state index < -0.39 is 5.97 Å². The maximum atomic E-state index is 10.7. The van der Waals surface area contributed by atoms with Crippen molar-refractivity contribution >= 4 is 17.7 Å². The van der Waals surface area contributed by atoms with Crippen LogP contribution in [-0.2, 0) is 4.79 Å². The molecule has 108 valence electrons. The van der Waals surface area contributed by atoms with Crippen molar-refractivity contribution in [2.45, 2.75) is 25.0 Å². The van der Waals surface area contributed by atoms with Crippen LogP contribution in [-0.4, -0.2) is 31.6 Å². The van der Waals surface area contributed by atoms with Crippen molar-refractivity contribution in [1.82, 2.24) is 14.8 Å². The topological polar surface area (TPSA) is 91.8 Å². The van der Waals surface area contributed by atoms with E-state index in [1.807, 2.05) is 24.5 Å². The van der Waals surface area contributed by atoms with E-state index >= 15 is 0 Å². The number of hydrogen-bond donors (Lipinski definition) is 1. The number of rotatable bonds is 5. The fourth-order valence-electron chi connectivity index (χ4n) is 1.89. The van der Waals surface area contributed by atoms with E-state index in [-0.39, 0.29) is 11.8 Å². The maximum absolute atomic E-state index is 10.7. The molecule has 0 unspecified atom stereocenters. The second kappa shape index (κ2) is 6.41. The minimum absolute atomic E-state index is 0.0664. The van der Waals surface area contributed by atoms with Gasteiger partial charge in [-0.05, 0) is 26.0 Å². The zero-order chi connectivity index (χ0) is 15.4. The van der Waals surface area contributed by atoms with Crippen LogP contribution in [0.3, 0.4) is 0 Å². The molecule has 0 aliphatic rings. The number of benzene rings is 1. The first-order valence-corrected chi connectivity index (χ1v) is 7.31. The zero-order valence-corrected chi connectivity index (χ0v) is 12.5. The Morgan fingerprint density at radius 2 is 2.24 bits per heavy atom. The van der Waals surface area contributed by atoms with Gasteiger partial charge in [0.15, 0.2) is 11.0 Å². The third-order valence-electron chi connectivity index (χ3n) is 2.76. The van der Waals surface area contributed by atoms with Crippen LogP contribution in [0.4, 0.5) is 0 Å². The van der Waals surface area contributed by atoms with Gasteiger partial charge in [0.2, 0.25) is 0 Å². The van der Waals surface area contributed by atoms with Gasteiger partial charge in [0, 0.05) is 11.6 Å². The first kappa shape index (κ1) is 15.1. The molecule has 7 heteroatoms. The number of aromatic nitrogens is 3. The number of thioether (sulfide) groups is 1. The average molecular weight is 302 g/mol. The molecule has 0 radical (unpaired) electrons. The number of hydrogen-bond acceptors (Lipinski definition) is 5. The van der Waals surface area contributed by atoms with E-state index in [0.717, 1.165) is 17.3 Å². The van der Waals surface area contributed by atoms with Gasteiger partial charge in [-0.25, -0.2) is 0 Å². The Morgan fingerprint density at radius 1 is 1.48 bits per heavy atom. The van der Waals surface area contributed by atoms with E-state index in [0.29, 0.717) is 16.5 Å². The number of nitrogens with zero attached hydrogens (tertiary/aromatic N) is 4. The molecule has 1 aromatic heterocycles. The largest absolute Gasteiger partial charge is 0.481 e. The fraction of sp³-hybridized carbons (Fsp3) is 0.286. The summed E-state index contributed by atoms with van der Waals surface area (Å²) in [6.07, 6.45) is 0. The molecule has 0 saturated heterocycles. The Morgan fingerprint density at radius 3 is 2.86 bits per heavy atom. The molecule has 21 heavy (non-hydrogen) atoms. The van der Waals surface area contributed by atoms with Gasteiger partial charge in [-0.15, -0.1) is 10.2 Å². The molecule has 1 N–H and O–H groups in total. The van der Waals surface area contributed by atoms with E-state index in [1.54, 1.807) is 18.2 Å². The molecule has 0 aliphatic heterocycles. The number of carboxylic acids is 1. The van der Waals surface area contributed by atoms with Crippen molar-refractivity contribution in [1.29, 1.82) is 5.26 Å². The summed E-state index contributed by atoms with van der Waals surface area (Å²) in [6, 6.07) is 9.28. The van der Waals surface area contributed by atoms with Gasteiger partial charge in [-0.2, -0.15) is 5.26 Å². The normalized spacial score (nSPS) is 10.6. The standard InChI is InChI=1S/C14H14N4O2S/c1-9(2)18-13(11-5-3-4-10(6-11)7-15)16-17-14(18)21-8-12(19)20/h3-6,9H,8H2,1-2H3,(H,19,20). The summed E-state index contributed by atoms with van der Waals surface area (Å²) in [7, 11) is 0. The summed E-state index contributed by atoms with van der Waals surface area (Å²) in [6.45, 7) is 3.96. The van der Waals surface area contributed by atoms with E-state index in [9.17, 15) is 4.79 Å². The minimum Gasteiger partial charge on any atom is -0.481 e. The summed E-state index contributed by atoms with van der Waals surface area (Å²) >= 11 is 1.13. The monoisotopic (exact) mass is 302 g/mol. The lowest BCUT2D eigenvalue weighted by Gasteiger charge is -2.13. The summed E-state index contributed by atoms with van der Waals surface area (Å²) in [5, 5.41) is 26.5. The van der Waals surface area contributed by atoms with Crippen LogP contribution in [0.1, 0.15) is 25.5 Å². The molecular weight excluding hydrogens is 288 g/mol. The first-order valence-electron chi connectivity index (χ1n) is 6.33. The van der Waals surface area contributed by atoms with Gasteiger partial charge >= 0.3 is 5.97 Å². The summed E-state index contributed by atoms with van der Waals surface area (Å²) in [4.78, 5) is 10.7. The number of carbonyl (C=O) groups is 1. The van der Waals surface area contributed by atoms with Crippen LogP contribution in [0.15, 0.2) is 29.4 Å². The number of nitriles is 1. The van der Waals surface area contributed by atoms with Crippen molar-refractivity contribution in [2.75, 3.05) is 5.75 Å². The van der Waals surface area contributed by atoms with Crippen LogP contribution in [0.2, 0.25) is 0 Å². The van der Waals surface area contributed by atoms with Gasteiger partial charge in [-0.3, -0.25) is 9.36 Å². The second-order valence-corrected chi connectivity index (χ2v) is 5.59. The first-order chi connectivity index (χ1) is 10.0. The molecule has 6 nitrogen and oxygen atoms in total. The Bertz CT molecular complexity index is 703. The van der Waals surface area contributed by atoms with Crippen molar-refractivity contribution in [3.8, 4) is 17.5 Å². The molecule has 1 aromatic carbocycles. The Hall–Kier alpha value is -2.33. The van der Waals surface area contributed by atoms with Gasteiger partial charge < -0.3 is 5.11 Å². The van der Waals surface area contributed by atoms with E-state index in [1.165, 1.54) is 0 Å². The second-order valence-electron chi connectivity index (χ2n) is 4.64. The number of carboxylic acid groups (broad SMARTS) is 1. The highest BCUT2D eigenvalue weighted by Crippen LogP contribution is 2.27. The van der Waals surface area contributed by atoms with Crippen LogP contribution in [0, 0.1) is 11.3 Å². The molecule has 0 fully saturated rings. The fourth-order valence-corrected chi connectivity index (χ4v) is 2.68. The highest BCUT2D eigenvalue weighted by Gasteiger charge is 2.17. The van der Waals surface area contributed by atoms with Crippen molar-refractivity contribution < 1.29 is 9.90 Å². The minimum atomic E-state index is -0.897. The van der Waals surface area contributed by atoms with Gasteiger partial charge in [-0.1, -0.05) is 23.9 Å². The molecule has 2 rings (SSSR count). The van der Waals surface area contributed by atoms with Crippen molar-refractivity contribution in [3.05, 3.63) is 29.8 Å². The lowest BCUT2D eigenvalue weighted by Crippen LogP contribution is -2.07. The predicted molar refractivity (Wildman–Crippen MR) is 78.9 cm³/mol. The van der Waals surface area contributed by atoms with Crippen molar-refractivity contribution in [3.63, 3.8) is 0 Å². The van der Waals surface area contributed by atoms with Gasteiger partial charge in [0.25, 0.3) is 0 Å². The third-order valence-corrected chi connectivity index (χ3v) is 3.68. The highest BCUT2D eigenvalue weighted by atomic mass is 32.2. The zero-order valence-electron chi connectivity index (χ0n) is 11.6. The summed E-state index contributed by atoms with van der Waals surface area (Å²) in [5.41, 5.74) is 1.34. The smallest absolute Gasteiger partial charge is 0.313 e. The van der Waals surface area contributed by atoms with Gasteiger partial charge in [0.1, 0.15) is 0 Å². The summed E-state index contributed by atoms with van der Waals surface area (Å²) < 4.78 is 1.88. The molecule has 1 heterocycles. The Labute approximate surface area is 126 Å². The lowest BCUT2D eigenvalue weighted by molar-refractivity contribution is -0.133. The maximum Gasteiger partial charge on any atom is 0.313 e. The summed E-state index contributed by atoms with van der Waals surface area (Å²) in [5.74, 6) is -0.329. The molecule has 0 atom stereocenters. The predicted octanol–water partition coefficient (Wildman–Crippen LogP) is 2.57. The molecule has 2 aromatic rings. The van der Waals surface area contributed by atoms with Crippen molar-refractivity contribution in [2.24, 2.45) is 0 Å².